The van der Waals surface area contributed by atoms with Crippen LogP contribution < -0.4 is 14.8 Å². The molecule has 7 heteroatoms. The van der Waals surface area contributed by atoms with Crippen LogP contribution in [0.1, 0.15) is 18.1 Å². The van der Waals surface area contributed by atoms with Crippen molar-refractivity contribution in [2.45, 2.75) is 26.1 Å². The topological polar surface area (TPSA) is 67.8 Å². The van der Waals surface area contributed by atoms with Gasteiger partial charge in [-0.1, -0.05) is 34.1 Å². The number of methoxy groups -OCH3 is 1. The lowest BCUT2D eigenvalue weighted by Crippen LogP contribution is -2.33. The fourth-order valence-electron chi connectivity index (χ4n) is 2.17. The van der Waals surface area contributed by atoms with Crippen molar-refractivity contribution >= 4 is 21.9 Å². The SMILES string of the molecule is COc1ccc(Br)c(CNC(C)C(=O)O)c1OCc1ccccc1F. The molecule has 2 aromatic carbocycles. The summed E-state index contributed by atoms with van der Waals surface area (Å²) in [6.45, 7) is 1.83. The predicted molar refractivity (Wildman–Crippen MR) is 95.4 cm³/mol. The molecule has 5 nitrogen and oxygen atoms in total. The normalized spacial score (nSPS) is 11.8. The summed E-state index contributed by atoms with van der Waals surface area (Å²) in [5.41, 5.74) is 1.12. The van der Waals surface area contributed by atoms with Gasteiger partial charge in [0.2, 0.25) is 0 Å². The van der Waals surface area contributed by atoms with Crippen LogP contribution in [0.25, 0.3) is 0 Å². The average Bonchev–Trinajstić information content (AvgIpc) is 2.59. The maximum absolute atomic E-state index is 13.8. The van der Waals surface area contributed by atoms with Gasteiger partial charge in [-0.15, -0.1) is 0 Å². The molecule has 0 saturated heterocycles. The lowest BCUT2D eigenvalue weighted by atomic mass is 10.1. The number of nitrogens with one attached hydrogen (secondary N) is 1. The summed E-state index contributed by atoms with van der Waals surface area (Å²) in [5.74, 6) is -0.381. The lowest BCUT2D eigenvalue weighted by molar-refractivity contribution is -0.139. The third-order valence-corrected chi connectivity index (χ3v) is 4.42. The number of halogens is 2. The molecule has 0 aliphatic carbocycles. The minimum absolute atomic E-state index is 0.0287. The summed E-state index contributed by atoms with van der Waals surface area (Å²) >= 11 is 3.44. The van der Waals surface area contributed by atoms with Crippen LogP contribution in [-0.2, 0) is 17.9 Å². The van der Waals surface area contributed by atoms with E-state index in [2.05, 4.69) is 21.2 Å². The van der Waals surface area contributed by atoms with E-state index in [4.69, 9.17) is 14.6 Å². The van der Waals surface area contributed by atoms with Crippen molar-refractivity contribution in [1.82, 2.24) is 5.32 Å². The summed E-state index contributed by atoms with van der Waals surface area (Å²) in [4.78, 5) is 11.0. The molecule has 0 aliphatic rings. The Kier molecular flexibility index (Phi) is 6.78. The number of benzene rings is 2. The van der Waals surface area contributed by atoms with Crippen LogP contribution in [0.4, 0.5) is 4.39 Å². The molecule has 134 valence electrons. The van der Waals surface area contributed by atoms with Gasteiger partial charge in [-0.05, 0) is 25.1 Å². The van der Waals surface area contributed by atoms with Crippen LogP contribution >= 0.6 is 15.9 Å². The predicted octanol–water partition coefficient (Wildman–Crippen LogP) is 3.74. The van der Waals surface area contributed by atoms with E-state index in [1.54, 1.807) is 37.3 Å². The first kappa shape index (κ1) is 19.2. The highest BCUT2D eigenvalue weighted by atomic mass is 79.9. The molecule has 0 saturated carbocycles. The maximum atomic E-state index is 13.8. The number of ether oxygens (including phenoxy) is 2. The molecule has 25 heavy (non-hydrogen) atoms. The molecule has 1 unspecified atom stereocenters. The first-order valence-corrected chi connectivity index (χ1v) is 8.41. The second-order valence-electron chi connectivity index (χ2n) is 5.38. The van der Waals surface area contributed by atoms with Crippen molar-refractivity contribution in [1.29, 1.82) is 0 Å². The van der Waals surface area contributed by atoms with Crippen LogP contribution in [0.5, 0.6) is 11.5 Å². The van der Waals surface area contributed by atoms with E-state index in [-0.39, 0.29) is 19.0 Å². The fraction of sp³-hybridized carbons (Fsp3) is 0.278. The highest BCUT2D eigenvalue weighted by Gasteiger charge is 2.18. The van der Waals surface area contributed by atoms with E-state index in [0.29, 0.717) is 22.6 Å². The standard InChI is InChI=1S/C18H19BrFNO4/c1-11(18(22)23)21-9-13-14(19)7-8-16(24-2)17(13)25-10-12-5-3-4-6-15(12)20/h3-8,11,21H,9-10H2,1-2H3,(H,22,23). The first-order valence-electron chi connectivity index (χ1n) is 7.61. The fourth-order valence-corrected chi connectivity index (χ4v) is 2.63. The molecule has 0 bridgehead atoms. The molecular formula is C18H19BrFNO4. The van der Waals surface area contributed by atoms with E-state index >= 15 is 0 Å². The first-order chi connectivity index (χ1) is 11.9. The van der Waals surface area contributed by atoms with Gasteiger partial charge in [0.05, 0.1) is 7.11 Å². The van der Waals surface area contributed by atoms with Crippen molar-refractivity contribution in [3.05, 3.63) is 57.8 Å². The molecule has 0 radical (unpaired) electrons. The Balaban J connectivity index is 2.26. The average molecular weight is 412 g/mol. The molecule has 0 fully saturated rings. The van der Waals surface area contributed by atoms with Gasteiger partial charge >= 0.3 is 5.97 Å². The van der Waals surface area contributed by atoms with E-state index < -0.39 is 12.0 Å². The quantitative estimate of drug-likeness (QED) is 0.692. The molecular weight excluding hydrogens is 393 g/mol. The molecule has 0 aliphatic heterocycles. The Morgan fingerprint density at radius 3 is 2.68 bits per heavy atom. The number of hydrogen-bond acceptors (Lipinski definition) is 4. The molecule has 2 N–H and O–H groups in total. The van der Waals surface area contributed by atoms with E-state index in [9.17, 15) is 9.18 Å². The minimum Gasteiger partial charge on any atom is -0.493 e. The zero-order valence-electron chi connectivity index (χ0n) is 13.9. The molecule has 0 heterocycles. The molecule has 0 spiro atoms. The number of aliphatic carboxylic acids is 1. The largest absolute Gasteiger partial charge is 0.493 e. The summed E-state index contributed by atoms with van der Waals surface area (Å²) in [5, 5.41) is 11.9. The van der Waals surface area contributed by atoms with Gasteiger partial charge in [0, 0.05) is 22.1 Å². The molecule has 2 aromatic rings. The van der Waals surface area contributed by atoms with Gasteiger partial charge in [0.25, 0.3) is 0 Å². The Morgan fingerprint density at radius 1 is 1.32 bits per heavy atom. The third-order valence-electron chi connectivity index (χ3n) is 3.67. The zero-order chi connectivity index (χ0) is 18.4. The van der Waals surface area contributed by atoms with E-state index in [1.807, 2.05) is 0 Å². The minimum atomic E-state index is -0.951. The molecule has 0 amide bonds. The summed E-state index contributed by atoms with van der Waals surface area (Å²) in [6, 6.07) is 9.15. The summed E-state index contributed by atoms with van der Waals surface area (Å²) in [6.07, 6.45) is 0. The molecule has 2 rings (SSSR count). The Hall–Kier alpha value is -2.12. The van der Waals surface area contributed by atoms with Gasteiger partial charge in [-0.25, -0.2) is 4.39 Å². The molecule has 0 aromatic heterocycles. The highest BCUT2D eigenvalue weighted by molar-refractivity contribution is 9.10. The van der Waals surface area contributed by atoms with Crippen LogP contribution in [0, 0.1) is 5.82 Å². The van der Waals surface area contributed by atoms with Crippen molar-refractivity contribution in [2.75, 3.05) is 7.11 Å². The van der Waals surface area contributed by atoms with Crippen molar-refractivity contribution in [3.63, 3.8) is 0 Å². The summed E-state index contributed by atoms with van der Waals surface area (Å²) in [7, 11) is 1.51. The van der Waals surface area contributed by atoms with Crippen molar-refractivity contribution < 1.29 is 23.8 Å². The number of carbonyl (C=O) groups is 1. The zero-order valence-corrected chi connectivity index (χ0v) is 15.5. The Morgan fingerprint density at radius 2 is 2.04 bits per heavy atom. The third kappa shape index (κ3) is 4.93. The number of rotatable bonds is 8. The monoisotopic (exact) mass is 411 g/mol. The summed E-state index contributed by atoms with van der Waals surface area (Å²) < 4.78 is 25.7. The Bertz CT molecular complexity index is 754. The van der Waals surface area contributed by atoms with Crippen molar-refractivity contribution in [3.8, 4) is 11.5 Å². The van der Waals surface area contributed by atoms with E-state index in [1.165, 1.54) is 13.2 Å². The highest BCUT2D eigenvalue weighted by Crippen LogP contribution is 2.37. The number of hydrogen-bond donors (Lipinski definition) is 2. The second-order valence-corrected chi connectivity index (χ2v) is 6.23. The molecule has 1 atom stereocenters. The van der Waals surface area contributed by atoms with Crippen LogP contribution in [0.3, 0.4) is 0 Å². The Labute approximate surface area is 153 Å². The van der Waals surface area contributed by atoms with Gasteiger partial charge in [0.1, 0.15) is 18.5 Å². The van der Waals surface area contributed by atoms with Gasteiger partial charge < -0.3 is 19.9 Å². The number of carboxylic acid groups (broad SMARTS) is 1. The van der Waals surface area contributed by atoms with Gasteiger partial charge in [-0.2, -0.15) is 0 Å². The maximum Gasteiger partial charge on any atom is 0.320 e. The van der Waals surface area contributed by atoms with Crippen molar-refractivity contribution in [2.24, 2.45) is 0 Å². The number of carboxylic acids is 1. The lowest BCUT2D eigenvalue weighted by Gasteiger charge is -2.18. The smallest absolute Gasteiger partial charge is 0.320 e. The van der Waals surface area contributed by atoms with Crippen LogP contribution in [-0.4, -0.2) is 24.2 Å². The van der Waals surface area contributed by atoms with Crippen LogP contribution in [0.2, 0.25) is 0 Å². The van der Waals surface area contributed by atoms with E-state index in [0.717, 1.165) is 4.47 Å². The second kappa shape index (κ2) is 8.82. The van der Waals surface area contributed by atoms with Gasteiger partial charge in [-0.3, -0.25) is 4.79 Å². The van der Waals surface area contributed by atoms with Gasteiger partial charge in [0.15, 0.2) is 11.5 Å². The van der Waals surface area contributed by atoms with Crippen LogP contribution in [0.15, 0.2) is 40.9 Å².